The molecule has 1 aromatic heterocycles. The minimum Gasteiger partial charge on any atom is -0.505 e. The summed E-state index contributed by atoms with van der Waals surface area (Å²) < 4.78 is 1.15. The normalized spacial score (nSPS) is 10.4. The molecule has 0 saturated heterocycles. The first kappa shape index (κ1) is 15.1. The second kappa shape index (κ2) is 5.63. The van der Waals surface area contributed by atoms with Gasteiger partial charge in [-0.05, 0) is 23.1 Å². The number of aromatic hydroxyl groups is 1. The van der Waals surface area contributed by atoms with Crippen LogP contribution in [0.5, 0.6) is 5.75 Å². The number of amides is 1. The van der Waals surface area contributed by atoms with Gasteiger partial charge in [0.05, 0.1) is 17.1 Å². The van der Waals surface area contributed by atoms with Crippen molar-refractivity contribution < 1.29 is 14.8 Å². The van der Waals surface area contributed by atoms with Gasteiger partial charge in [-0.1, -0.05) is 23.2 Å². The highest BCUT2D eigenvalue weighted by molar-refractivity contribution is 6.37. The number of phenols is 1. The topological polar surface area (TPSA) is 97.4 Å². The fourth-order valence-corrected chi connectivity index (χ4v) is 2.23. The van der Waals surface area contributed by atoms with Gasteiger partial charge in [-0.15, -0.1) is 0 Å². The zero-order chi connectivity index (χ0) is 15.7. The van der Waals surface area contributed by atoms with Crippen LogP contribution in [0, 0.1) is 10.1 Å². The lowest BCUT2D eigenvalue weighted by molar-refractivity contribution is -0.391. The van der Waals surface area contributed by atoms with Crippen molar-refractivity contribution in [3.05, 3.63) is 50.1 Å². The molecular formula is C12H9Cl2N3O4. The lowest BCUT2D eigenvalue weighted by Crippen LogP contribution is -2.16. The zero-order valence-electron chi connectivity index (χ0n) is 10.6. The third-order valence-electron chi connectivity index (χ3n) is 2.79. The van der Waals surface area contributed by atoms with Crippen LogP contribution in [0.4, 0.5) is 11.5 Å². The van der Waals surface area contributed by atoms with Gasteiger partial charge in [-0.2, -0.15) is 0 Å². The summed E-state index contributed by atoms with van der Waals surface area (Å²) in [5, 5.41) is 22.6. The number of nitrogens with zero attached hydrogens (tertiary/aromatic N) is 2. The molecule has 7 nitrogen and oxygen atoms in total. The van der Waals surface area contributed by atoms with Crippen molar-refractivity contribution in [2.45, 2.75) is 0 Å². The van der Waals surface area contributed by atoms with Crippen LogP contribution < -0.4 is 5.32 Å². The molecule has 9 heteroatoms. The average Bonchev–Trinajstić information content (AvgIpc) is 2.77. The molecule has 0 saturated carbocycles. The van der Waals surface area contributed by atoms with Crippen LogP contribution in [-0.2, 0) is 7.05 Å². The first-order valence-electron chi connectivity index (χ1n) is 5.60. The SMILES string of the molecule is Cn1c(C(=O)Nc2cc(Cl)c(O)c(Cl)c2)ccc1[N+](=O)[O-]. The highest BCUT2D eigenvalue weighted by atomic mass is 35.5. The van der Waals surface area contributed by atoms with Gasteiger partial charge in [-0.25, -0.2) is 4.57 Å². The maximum Gasteiger partial charge on any atom is 0.323 e. The van der Waals surface area contributed by atoms with Crippen molar-refractivity contribution in [3.8, 4) is 5.75 Å². The Labute approximate surface area is 128 Å². The maximum atomic E-state index is 12.1. The van der Waals surface area contributed by atoms with Gasteiger partial charge in [0.2, 0.25) is 0 Å². The monoisotopic (exact) mass is 329 g/mol. The van der Waals surface area contributed by atoms with Gasteiger partial charge in [0.15, 0.2) is 11.4 Å². The van der Waals surface area contributed by atoms with Gasteiger partial charge in [0, 0.05) is 11.8 Å². The first-order valence-corrected chi connectivity index (χ1v) is 6.36. The molecule has 0 aliphatic rings. The summed E-state index contributed by atoms with van der Waals surface area (Å²) in [4.78, 5) is 22.2. The third-order valence-corrected chi connectivity index (χ3v) is 3.37. The van der Waals surface area contributed by atoms with E-state index in [-0.39, 0.29) is 33.0 Å². The van der Waals surface area contributed by atoms with Crippen molar-refractivity contribution in [2.75, 3.05) is 5.32 Å². The summed E-state index contributed by atoms with van der Waals surface area (Å²) in [6.45, 7) is 0. The summed E-state index contributed by atoms with van der Waals surface area (Å²) in [5.41, 5.74) is 0.360. The van der Waals surface area contributed by atoms with Crippen LogP contribution in [0.3, 0.4) is 0 Å². The Kier molecular flexibility index (Phi) is 4.06. The first-order chi connectivity index (χ1) is 9.81. The van der Waals surface area contributed by atoms with E-state index in [2.05, 4.69) is 5.32 Å². The Hall–Kier alpha value is -2.25. The van der Waals surface area contributed by atoms with Crippen molar-refractivity contribution in [3.63, 3.8) is 0 Å². The Bertz CT molecular complexity index is 719. The molecule has 1 heterocycles. The molecule has 110 valence electrons. The number of rotatable bonds is 3. The lowest BCUT2D eigenvalue weighted by Gasteiger charge is -2.07. The zero-order valence-corrected chi connectivity index (χ0v) is 12.1. The molecular weight excluding hydrogens is 321 g/mol. The Morgan fingerprint density at radius 3 is 2.38 bits per heavy atom. The van der Waals surface area contributed by atoms with Crippen molar-refractivity contribution >= 4 is 40.6 Å². The van der Waals surface area contributed by atoms with E-state index in [1.54, 1.807) is 0 Å². The molecule has 0 unspecified atom stereocenters. The molecule has 2 N–H and O–H groups in total. The van der Waals surface area contributed by atoms with Gasteiger partial charge in [0.25, 0.3) is 5.91 Å². The van der Waals surface area contributed by atoms with E-state index >= 15 is 0 Å². The molecule has 0 radical (unpaired) electrons. The van der Waals surface area contributed by atoms with Gasteiger partial charge in [-0.3, -0.25) is 4.79 Å². The van der Waals surface area contributed by atoms with Gasteiger partial charge < -0.3 is 20.5 Å². The number of hydrogen-bond donors (Lipinski definition) is 2. The minimum atomic E-state index is -0.592. The predicted octanol–water partition coefficient (Wildman–Crippen LogP) is 3.20. The second-order valence-corrected chi connectivity index (χ2v) is 4.95. The molecule has 0 bridgehead atoms. The van der Waals surface area contributed by atoms with Crippen LogP contribution in [0.1, 0.15) is 10.5 Å². The summed E-state index contributed by atoms with van der Waals surface area (Å²) in [5.74, 6) is -1.06. The molecule has 21 heavy (non-hydrogen) atoms. The number of phenolic OH excluding ortho intramolecular Hbond substituents is 1. The number of anilines is 1. The van der Waals surface area contributed by atoms with Crippen LogP contribution in [0.25, 0.3) is 0 Å². The molecule has 0 aliphatic heterocycles. The Morgan fingerprint density at radius 2 is 1.90 bits per heavy atom. The van der Waals surface area contributed by atoms with Gasteiger partial charge in [0.1, 0.15) is 0 Å². The quantitative estimate of drug-likeness (QED) is 0.513. The van der Waals surface area contributed by atoms with Crippen LogP contribution in [-0.4, -0.2) is 20.5 Å². The van der Waals surface area contributed by atoms with Crippen LogP contribution >= 0.6 is 23.2 Å². The number of halogens is 2. The second-order valence-electron chi connectivity index (χ2n) is 4.14. The molecule has 1 aromatic carbocycles. The number of nitrogens with one attached hydrogen (secondary N) is 1. The number of nitro groups is 1. The van der Waals surface area contributed by atoms with Crippen molar-refractivity contribution in [1.82, 2.24) is 4.57 Å². The highest BCUT2D eigenvalue weighted by Crippen LogP contribution is 2.34. The highest BCUT2D eigenvalue weighted by Gasteiger charge is 2.21. The molecule has 2 rings (SSSR count). The lowest BCUT2D eigenvalue weighted by atomic mass is 10.3. The molecule has 1 amide bonds. The third kappa shape index (κ3) is 2.93. The molecule has 2 aromatic rings. The Morgan fingerprint density at radius 1 is 1.33 bits per heavy atom. The summed E-state index contributed by atoms with van der Waals surface area (Å²) in [7, 11) is 1.41. The smallest absolute Gasteiger partial charge is 0.323 e. The summed E-state index contributed by atoms with van der Waals surface area (Å²) in [6, 6.07) is 5.19. The fourth-order valence-electron chi connectivity index (χ4n) is 1.74. The number of carbonyl (C=O) groups is 1. The maximum absolute atomic E-state index is 12.1. The molecule has 0 aliphatic carbocycles. The van der Waals surface area contributed by atoms with E-state index < -0.39 is 10.8 Å². The number of hydrogen-bond acceptors (Lipinski definition) is 4. The van der Waals surface area contributed by atoms with E-state index in [0.29, 0.717) is 0 Å². The summed E-state index contributed by atoms with van der Waals surface area (Å²) >= 11 is 11.5. The van der Waals surface area contributed by atoms with E-state index in [1.807, 2.05) is 0 Å². The number of carbonyl (C=O) groups excluding carboxylic acids is 1. The molecule has 0 spiro atoms. The van der Waals surface area contributed by atoms with Crippen LogP contribution in [0.15, 0.2) is 24.3 Å². The number of aromatic nitrogens is 1. The van der Waals surface area contributed by atoms with E-state index in [9.17, 15) is 20.0 Å². The summed E-state index contributed by atoms with van der Waals surface area (Å²) in [6.07, 6.45) is 0. The van der Waals surface area contributed by atoms with Crippen LogP contribution in [0.2, 0.25) is 10.0 Å². The van der Waals surface area contributed by atoms with E-state index in [0.717, 1.165) is 4.57 Å². The van der Waals surface area contributed by atoms with Crippen molar-refractivity contribution in [1.29, 1.82) is 0 Å². The van der Waals surface area contributed by atoms with Crippen molar-refractivity contribution in [2.24, 2.45) is 7.05 Å². The minimum absolute atomic E-state index is 0.0179. The molecule has 0 atom stereocenters. The molecule has 0 fully saturated rings. The largest absolute Gasteiger partial charge is 0.505 e. The fraction of sp³-hybridized carbons (Fsp3) is 0.0833. The predicted molar refractivity (Wildman–Crippen MR) is 78.1 cm³/mol. The average molecular weight is 330 g/mol. The Balaban J connectivity index is 2.28. The van der Waals surface area contributed by atoms with E-state index in [1.165, 1.54) is 31.3 Å². The van der Waals surface area contributed by atoms with E-state index in [4.69, 9.17) is 23.2 Å². The standard InChI is InChI=1S/C12H9Cl2N3O4/c1-16-9(2-3-10(16)17(20)21)12(19)15-6-4-7(13)11(18)8(14)5-6/h2-5,18H,1H3,(H,15,19). The van der Waals surface area contributed by atoms with Gasteiger partial charge >= 0.3 is 5.82 Å². The number of benzene rings is 1.